The van der Waals surface area contributed by atoms with E-state index in [9.17, 15) is 0 Å². The van der Waals surface area contributed by atoms with Crippen molar-refractivity contribution in [2.75, 3.05) is 0 Å². The van der Waals surface area contributed by atoms with E-state index >= 15 is 0 Å². The molecule has 0 saturated carbocycles. The monoisotopic (exact) mass is 324 g/mol. The molecule has 0 fully saturated rings. The summed E-state index contributed by atoms with van der Waals surface area (Å²) in [5, 5.41) is 7.55. The van der Waals surface area contributed by atoms with Crippen molar-refractivity contribution in [3.63, 3.8) is 0 Å². The summed E-state index contributed by atoms with van der Waals surface area (Å²) in [4.78, 5) is 0. The lowest BCUT2D eigenvalue weighted by Crippen LogP contribution is -1.76. The Morgan fingerprint density at radius 3 is 2.12 bits per heavy atom. The zero-order valence-corrected chi connectivity index (χ0v) is 13.6. The van der Waals surface area contributed by atoms with Crippen LogP contribution < -0.4 is 0 Å². The maximum Gasteiger partial charge on any atom is 0.145 e. The second-order valence-electron chi connectivity index (χ2n) is 6.15. The van der Waals surface area contributed by atoms with Crippen molar-refractivity contribution in [1.29, 1.82) is 0 Å². The maximum atomic E-state index is 6.35. The highest BCUT2D eigenvalue weighted by molar-refractivity contribution is 7.27. The number of furan rings is 1. The van der Waals surface area contributed by atoms with Crippen LogP contribution in [0.5, 0.6) is 0 Å². The quantitative estimate of drug-likeness (QED) is 0.290. The van der Waals surface area contributed by atoms with Gasteiger partial charge in [0.05, 0.1) is 0 Å². The molecule has 0 aliphatic carbocycles. The Morgan fingerprint density at radius 2 is 1.25 bits per heavy atom. The van der Waals surface area contributed by atoms with E-state index in [1.807, 2.05) is 17.4 Å². The maximum absolute atomic E-state index is 6.35. The van der Waals surface area contributed by atoms with Crippen LogP contribution in [0.25, 0.3) is 52.9 Å². The van der Waals surface area contributed by atoms with Crippen molar-refractivity contribution in [3.8, 4) is 0 Å². The fourth-order valence-electron chi connectivity index (χ4n) is 3.85. The number of para-hydroxylation sites is 1. The number of benzene rings is 4. The van der Waals surface area contributed by atoms with Crippen LogP contribution in [-0.4, -0.2) is 0 Å². The second-order valence-corrected chi connectivity index (χ2v) is 7.20. The first-order valence-electron chi connectivity index (χ1n) is 8.05. The molecule has 6 rings (SSSR count). The van der Waals surface area contributed by atoms with Gasteiger partial charge in [0.1, 0.15) is 11.2 Å². The Balaban J connectivity index is 2.08. The van der Waals surface area contributed by atoms with Crippen molar-refractivity contribution in [2.24, 2.45) is 0 Å². The lowest BCUT2D eigenvalue weighted by Gasteiger charge is -2.02. The van der Waals surface area contributed by atoms with Gasteiger partial charge in [0.2, 0.25) is 0 Å². The fourth-order valence-corrected chi connectivity index (χ4v) is 5.09. The summed E-state index contributed by atoms with van der Waals surface area (Å²) < 4.78 is 8.98. The van der Waals surface area contributed by atoms with E-state index < -0.39 is 0 Å². The Labute approximate surface area is 141 Å². The van der Waals surface area contributed by atoms with Crippen LogP contribution in [0.3, 0.4) is 0 Å². The molecule has 0 spiro atoms. The van der Waals surface area contributed by atoms with Crippen LogP contribution >= 0.6 is 11.3 Å². The minimum Gasteiger partial charge on any atom is -0.455 e. The highest BCUT2D eigenvalue weighted by Crippen LogP contribution is 2.46. The van der Waals surface area contributed by atoms with Crippen molar-refractivity contribution in [3.05, 3.63) is 72.8 Å². The first-order valence-corrected chi connectivity index (χ1v) is 8.87. The van der Waals surface area contributed by atoms with E-state index in [4.69, 9.17) is 4.42 Å². The van der Waals surface area contributed by atoms with Gasteiger partial charge >= 0.3 is 0 Å². The minimum absolute atomic E-state index is 0.959. The molecule has 0 aliphatic heterocycles. The van der Waals surface area contributed by atoms with E-state index in [1.54, 1.807) is 0 Å². The Bertz CT molecular complexity index is 1400. The molecule has 2 heteroatoms. The SMILES string of the molecule is c1ccc2c(c1)oc1c2c2ccccc2c2sc3ccccc3c12. The van der Waals surface area contributed by atoms with Crippen molar-refractivity contribution >= 4 is 64.2 Å². The third-order valence-corrected chi connectivity index (χ3v) is 6.06. The molecular weight excluding hydrogens is 312 g/mol. The highest BCUT2D eigenvalue weighted by Gasteiger charge is 2.18. The van der Waals surface area contributed by atoms with Gasteiger partial charge in [0, 0.05) is 36.3 Å². The zero-order valence-electron chi connectivity index (χ0n) is 12.7. The first-order chi connectivity index (χ1) is 11.9. The van der Waals surface area contributed by atoms with Crippen molar-refractivity contribution < 1.29 is 4.42 Å². The number of fused-ring (bicyclic) bond motifs is 10. The van der Waals surface area contributed by atoms with Crippen LogP contribution in [0.4, 0.5) is 0 Å². The first kappa shape index (κ1) is 12.6. The molecule has 6 aromatic rings. The molecule has 0 atom stereocenters. The molecule has 0 bridgehead atoms. The molecular formula is C22H12OS. The molecule has 0 unspecified atom stereocenters. The molecule has 0 saturated heterocycles. The van der Waals surface area contributed by atoms with Gasteiger partial charge in [-0.25, -0.2) is 0 Å². The van der Waals surface area contributed by atoms with Crippen LogP contribution in [0.2, 0.25) is 0 Å². The van der Waals surface area contributed by atoms with Gasteiger partial charge in [-0.3, -0.25) is 0 Å². The van der Waals surface area contributed by atoms with Gasteiger partial charge in [-0.1, -0.05) is 60.7 Å². The Kier molecular flexibility index (Phi) is 2.29. The van der Waals surface area contributed by atoms with Crippen molar-refractivity contribution in [1.82, 2.24) is 0 Å². The molecule has 0 aliphatic rings. The standard InChI is InChI=1S/C22H12OS/c1-2-8-14-13(7-1)19-15-9-3-5-11-17(15)23-21(19)20-16-10-4-6-12-18(16)24-22(14)20/h1-12H. The minimum atomic E-state index is 0.959. The predicted molar refractivity (Wildman–Crippen MR) is 104 cm³/mol. The molecule has 2 heterocycles. The number of hydrogen-bond acceptors (Lipinski definition) is 2. The van der Waals surface area contributed by atoms with Gasteiger partial charge < -0.3 is 4.42 Å². The number of hydrogen-bond donors (Lipinski definition) is 0. The van der Waals surface area contributed by atoms with Crippen LogP contribution in [0.1, 0.15) is 0 Å². The molecule has 112 valence electrons. The third-order valence-electron chi connectivity index (χ3n) is 4.86. The van der Waals surface area contributed by atoms with Crippen LogP contribution in [0.15, 0.2) is 77.2 Å². The summed E-state index contributed by atoms with van der Waals surface area (Å²) in [7, 11) is 0. The summed E-state index contributed by atoms with van der Waals surface area (Å²) >= 11 is 1.86. The molecule has 0 N–H and O–H groups in total. The average Bonchev–Trinajstić information content (AvgIpc) is 3.20. The van der Waals surface area contributed by atoms with Gasteiger partial charge in [-0.2, -0.15) is 0 Å². The van der Waals surface area contributed by atoms with Gasteiger partial charge in [-0.05, 0) is 17.5 Å². The summed E-state index contributed by atoms with van der Waals surface area (Å²) in [5.74, 6) is 0. The molecule has 1 nitrogen and oxygen atoms in total. The molecule has 0 radical (unpaired) electrons. The van der Waals surface area contributed by atoms with Crippen LogP contribution in [-0.2, 0) is 0 Å². The van der Waals surface area contributed by atoms with E-state index in [0.717, 1.165) is 11.2 Å². The number of thiophene rings is 1. The molecule has 4 aromatic carbocycles. The lowest BCUT2D eigenvalue weighted by atomic mass is 10.00. The summed E-state index contributed by atoms with van der Waals surface area (Å²) in [6.07, 6.45) is 0. The summed E-state index contributed by atoms with van der Waals surface area (Å²) in [6.45, 7) is 0. The lowest BCUT2D eigenvalue weighted by molar-refractivity contribution is 0.673. The topological polar surface area (TPSA) is 13.1 Å². The normalized spacial score (nSPS) is 12.2. The molecule has 24 heavy (non-hydrogen) atoms. The van der Waals surface area contributed by atoms with E-state index in [2.05, 4.69) is 66.7 Å². The summed E-state index contributed by atoms with van der Waals surface area (Å²) in [5.41, 5.74) is 1.97. The molecule has 2 aromatic heterocycles. The zero-order chi connectivity index (χ0) is 15.7. The van der Waals surface area contributed by atoms with Gasteiger partial charge in [-0.15, -0.1) is 11.3 Å². The average molecular weight is 324 g/mol. The van der Waals surface area contributed by atoms with E-state index in [1.165, 1.54) is 41.7 Å². The molecule has 0 amide bonds. The van der Waals surface area contributed by atoms with Gasteiger partial charge in [0.25, 0.3) is 0 Å². The van der Waals surface area contributed by atoms with Crippen LogP contribution in [0, 0.1) is 0 Å². The smallest absolute Gasteiger partial charge is 0.145 e. The largest absolute Gasteiger partial charge is 0.455 e. The van der Waals surface area contributed by atoms with E-state index in [0.29, 0.717) is 0 Å². The second kappa shape index (κ2) is 4.37. The third kappa shape index (κ3) is 1.44. The van der Waals surface area contributed by atoms with E-state index in [-0.39, 0.29) is 0 Å². The fraction of sp³-hybridized carbons (Fsp3) is 0. The Morgan fingerprint density at radius 1 is 0.583 bits per heavy atom. The predicted octanol–water partition coefficient (Wildman–Crippen LogP) is 7.11. The van der Waals surface area contributed by atoms with Crippen molar-refractivity contribution in [2.45, 2.75) is 0 Å². The Hall–Kier alpha value is -2.84. The number of rotatable bonds is 0. The summed E-state index contributed by atoms with van der Waals surface area (Å²) in [6, 6.07) is 25.6. The highest BCUT2D eigenvalue weighted by atomic mass is 32.1. The van der Waals surface area contributed by atoms with Gasteiger partial charge in [0.15, 0.2) is 0 Å².